The Bertz CT molecular complexity index is 538. The van der Waals surface area contributed by atoms with Crippen molar-refractivity contribution < 1.29 is 14.8 Å². The summed E-state index contributed by atoms with van der Waals surface area (Å²) in [5.41, 5.74) is 0.299. The van der Waals surface area contributed by atoms with Crippen molar-refractivity contribution in [1.29, 1.82) is 0 Å². The summed E-state index contributed by atoms with van der Waals surface area (Å²) in [7, 11) is 0. The maximum Gasteiger partial charge on any atom is 0.342 e. The predicted octanol–water partition coefficient (Wildman–Crippen LogP) is 3.29. The highest BCUT2D eigenvalue weighted by molar-refractivity contribution is 5.93. The van der Waals surface area contributed by atoms with Crippen LogP contribution < -0.4 is 5.32 Å². The first-order chi connectivity index (χ1) is 9.47. The quantitative estimate of drug-likeness (QED) is 0.589. The lowest BCUT2D eigenvalue weighted by Crippen LogP contribution is -2.15. The minimum Gasteiger partial charge on any atom is -0.477 e. The van der Waals surface area contributed by atoms with Gasteiger partial charge in [-0.05, 0) is 36.8 Å². The number of benzene rings is 1. The van der Waals surface area contributed by atoms with Crippen LogP contribution in [0.2, 0.25) is 0 Å². The lowest BCUT2D eigenvalue weighted by atomic mass is 10.0. The maximum absolute atomic E-state index is 11.1. The Morgan fingerprint density at radius 1 is 1.50 bits per heavy atom. The summed E-state index contributed by atoms with van der Waals surface area (Å²) >= 11 is 0. The zero-order chi connectivity index (χ0) is 14.8. The summed E-state index contributed by atoms with van der Waals surface area (Å²) in [6.07, 6.45) is 4.65. The van der Waals surface area contributed by atoms with Crippen LogP contribution in [-0.4, -0.2) is 22.5 Å². The molecule has 2 N–H and O–H groups in total. The molecule has 1 aliphatic carbocycles. The molecule has 1 aliphatic rings. The molecule has 0 heterocycles. The van der Waals surface area contributed by atoms with Crippen LogP contribution in [0.15, 0.2) is 18.2 Å². The van der Waals surface area contributed by atoms with Gasteiger partial charge in [-0.3, -0.25) is 10.1 Å². The number of nitrogens with one attached hydrogen (secondary N) is 1. The fourth-order valence-corrected chi connectivity index (χ4v) is 2.49. The lowest BCUT2D eigenvalue weighted by Gasteiger charge is -2.16. The summed E-state index contributed by atoms with van der Waals surface area (Å²) in [6, 6.07) is 4.14. The molecular weight excluding hydrogens is 260 g/mol. The summed E-state index contributed by atoms with van der Waals surface area (Å²) < 4.78 is 0. The highest BCUT2D eigenvalue weighted by atomic mass is 16.6. The number of nitro groups is 1. The van der Waals surface area contributed by atoms with Crippen LogP contribution in [0.25, 0.3) is 0 Å². The van der Waals surface area contributed by atoms with Gasteiger partial charge < -0.3 is 10.4 Å². The van der Waals surface area contributed by atoms with Crippen LogP contribution in [0.4, 0.5) is 11.4 Å². The highest BCUT2D eigenvalue weighted by Gasteiger charge is 2.41. The van der Waals surface area contributed by atoms with Gasteiger partial charge in [0.15, 0.2) is 0 Å². The Morgan fingerprint density at radius 3 is 2.70 bits per heavy atom. The maximum atomic E-state index is 11.1. The van der Waals surface area contributed by atoms with Crippen molar-refractivity contribution in [2.45, 2.75) is 32.6 Å². The van der Waals surface area contributed by atoms with Crippen LogP contribution >= 0.6 is 0 Å². The lowest BCUT2D eigenvalue weighted by molar-refractivity contribution is -0.385. The number of carbonyl (C=O) groups is 1. The number of nitro benzene ring substituents is 1. The minimum atomic E-state index is -1.28. The van der Waals surface area contributed by atoms with Gasteiger partial charge in [-0.1, -0.05) is 13.3 Å². The van der Waals surface area contributed by atoms with Gasteiger partial charge in [-0.25, -0.2) is 4.79 Å². The Hall–Kier alpha value is -2.11. The number of hydrogen-bond acceptors (Lipinski definition) is 4. The molecule has 0 spiro atoms. The Kier molecular flexibility index (Phi) is 3.92. The summed E-state index contributed by atoms with van der Waals surface area (Å²) in [5.74, 6) is -1.28. The van der Waals surface area contributed by atoms with E-state index in [4.69, 9.17) is 5.11 Å². The fourth-order valence-electron chi connectivity index (χ4n) is 2.49. The van der Waals surface area contributed by atoms with Gasteiger partial charge in [0.25, 0.3) is 5.69 Å². The average molecular weight is 278 g/mol. The summed E-state index contributed by atoms with van der Waals surface area (Å²) in [4.78, 5) is 21.2. The monoisotopic (exact) mass is 278 g/mol. The second kappa shape index (κ2) is 5.48. The zero-order valence-electron chi connectivity index (χ0n) is 11.4. The van der Waals surface area contributed by atoms with Crippen molar-refractivity contribution >= 4 is 17.3 Å². The normalized spacial score (nSPS) is 15.7. The molecule has 0 atom stereocenters. The van der Waals surface area contributed by atoms with E-state index in [9.17, 15) is 14.9 Å². The second-order valence-electron chi connectivity index (χ2n) is 5.40. The number of carboxylic acid groups (broad SMARTS) is 1. The molecule has 2 rings (SSSR count). The van der Waals surface area contributed by atoms with Crippen LogP contribution in [0.3, 0.4) is 0 Å². The van der Waals surface area contributed by atoms with Gasteiger partial charge in [0.1, 0.15) is 5.56 Å². The van der Waals surface area contributed by atoms with Gasteiger partial charge >= 0.3 is 5.97 Å². The van der Waals surface area contributed by atoms with Crippen molar-refractivity contribution in [1.82, 2.24) is 0 Å². The molecule has 0 saturated heterocycles. The molecule has 0 radical (unpaired) electrons. The van der Waals surface area contributed by atoms with Crippen LogP contribution in [-0.2, 0) is 0 Å². The van der Waals surface area contributed by atoms with E-state index >= 15 is 0 Å². The van der Waals surface area contributed by atoms with Crippen LogP contribution in [0.5, 0.6) is 0 Å². The molecule has 0 unspecified atom stereocenters. The third kappa shape index (κ3) is 3.07. The topological polar surface area (TPSA) is 92.5 Å². The number of carboxylic acids is 1. The molecule has 20 heavy (non-hydrogen) atoms. The molecular formula is C14H18N2O4. The second-order valence-corrected chi connectivity index (χ2v) is 5.40. The van der Waals surface area contributed by atoms with Gasteiger partial charge in [-0.2, -0.15) is 0 Å². The van der Waals surface area contributed by atoms with Crippen LogP contribution in [0.1, 0.15) is 43.0 Å². The molecule has 1 fully saturated rings. The van der Waals surface area contributed by atoms with Crippen molar-refractivity contribution in [3.8, 4) is 0 Å². The summed E-state index contributed by atoms with van der Waals surface area (Å²) in [6.45, 7) is 2.94. The number of aromatic carboxylic acids is 1. The summed E-state index contributed by atoms with van der Waals surface area (Å²) in [5, 5.41) is 23.0. The number of nitrogens with zero attached hydrogens (tertiary/aromatic N) is 1. The first kappa shape index (κ1) is 14.3. The third-order valence-electron chi connectivity index (χ3n) is 3.83. The standard InChI is InChI=1S/C14H18N2O4/c1-2-5-14(6-7-14)9-15-10-3-4-12(16(19)20)11(8-10)13(17)18/h3-4,8,15H,2,5-7,9H2,1H3,(H,17,18). The van der Waals surface area contributed by atoms with E-state index in [1.807, 2.05) is 0 Å². The van der Waals surface area contributed by atoms with Crippen LogP contribution in [0, 0.1) is 15.5 Å². The molecule has 0 bridgehead atoms. The average Bonchev–Trinajstić information content (AvgIpc) is 3.16. The number of anilines is 1. The largest absolute Gasteiger partial charge is 0.477 e. The van der Waals surface area contributed by atoms with E-state index in [1.54, 1.807) is 6.07 Å². The van der Waals surface area contributed by atoms with Crippen molar-refractivity contribution in [2.75, 3.05) is 11.9 Å². The molecule has 0 aliphatic heterocycles. The molecule has 1 aromatic rings. The smallest absolute Gasteiger partial charge is 0.342 e. The van der Waals surface area contributed by atoms with Gasteiger partial charge in [0.2, 0.25) is 0 Å². The van der Waals surface area contributed by atoms with E-state index in [0.717, 1.165) is 19.4 Å². The van der Waals surface area contributed by atoms with Gasteiger partial charge in [0.05, 0.1) is 4.92 Å². The first-order valence-electron chi connectivity index (χ1n) is 6.73. The molecule has 1 saturated carbocycles. The number of hydrogen-bond donors (Lipinski definition) is 2. The van der Waals surface area contributed by atoms with Gasteiger partial charge in [0, 0.05) is 18.3 Å². The van der Waals surface area contributed by atoms with E-state index in [2.05, 4.69) is 12.2 Å². The molecule has 6 nitrogen and oxygen atoms in total. The van der Waals surface area contributed by atoms with E-state index < -0.39 is 10.9 Å². The van der Waals surface area contributed by atoms with E-state index in [1.165, 1.54) is 25.0 Å². The Morgan fingerprint density at radius 2 is 2.20 bits per heavy atom. The van der Waals surface area contributed by atoms with Gasteiger partial charge in [-0.15, -0.1) is 0 Å². The first-order valence-corrected chi connectivity index (χ1v) is 6.73. The molecule has 0 aromatic heterocycles. The molecule has 1 aromatic carbocycles. The van der Waals surface area contributed by atoms with Crippen molar-refractivity contribution in [3.63, 3.8) is 0 Å². The fraction of sp³-hybridized carbons (Fsp3) is 0.500. The SMILES string of the molecule is CCCC1(CNc2ccc([N+](=O)[O-])c(C(=O)O)c2)CC1. The predicted molar refractivity (Wildman–Crippen MR) is 75.1 cm³/mol. The van der Waals surface area contributed by atoms with Crippen molar-refractivity contribution in [3.05, 3.63) is 33.9 Å². The molecule has 0 amide bonds. The zero-order valence-corrected chi connectivity index (χ0v) is 11.4. The van der Waals surface area contributed by atoms with Crippen molar-refractivity contribution in [2.24, 2.45) is 5.41 Å². The third-order valence-corrected chi connectivity index (χ3v) is 3.83. The minimum absolute atomic E-state index is 0.277. The molecule has 108 valence electrons. The van der Waals surface area contributed by atoms with E-state index in [0.29, 0.717) is 11.1 Å². The number of rotatable bonds is 7. The molecule has 6 heteroatoms. The Balaban J connectivity index is 2.11. The van der Waals surface area contributed by atoms with E-state index in [-0.39, 0.29) is 11.3 Å². The highest BCUT2D eigenvalue weighted by Crippen LogP contribution is 2.49. The Labute approximate surface area is 117 Å².